The van der Waals surface area contributed by atoms with E-state index in [4.69, 9.17) is 15.0 Å². The average Bonchev–Trinajstić information content (AvgIpc) is 2.64. The minimum absolute atomic E-state index is 0.00303. The third-order valence-electron chi connectivity index (χ3n) is 2.49. The molecule has 1 heterocycles. The van der Waals surface area contributed by atoms with Gasteiger partial charge in [0, 0.05) is 12.7 Å². The first-order valence-corrected chi connectivity index (χ1v) is 5.01. The van der Waals surface area contributed by atoms with Gasteiger partial charge in [-0.2, -0.15) is 0 Å². The van der Waals surface area contributed by atoms with Gasteiger partial charge in [0.1, 0.15) is 0 Å². The molecule has 1 rings (SSSR count). The summed E-state index contributed by atoms with van der Waals surface area (Å²) in [6.07, 6.45) is 3.30. The second kappa shape index (κ2) is 4.79. The first-order valence-electron chi connectivity index (χ1n) is 5.01. The number of nitrogens with one attached hydrogen (secondary N) is 1. The molecule has 1 aromatic rings. The summed E-state index contributed by atoms with van der Waals surface area (Å²) in [7, 11) is 1.69. The summed E-state index contributed by atoms with van der Waals surface area (Å²) in [4.78, 5) is 0. The van der Waals surface area contributed by atoms with E-state index in [0.717, 1.165) is 5.56 Å². The van der Waals surface area contributed by atoms with Gasteiger partial charge in [-0.25, -0.2) is 0 Å². The van der Waals surface area contributed by atoms with Crippen molar-refractivity contribution in [3.63, 3.8) is 0 Å². The molecule has 2 unspecified atom stereocenters. The normalized spacial score (nSPS) is 16.3. The molecule has 15 heavy (non-hydrogen) atoms. The molecule has 0 bridgehead atoms. The van der Waals surface area contributed by atoms with Gasteiger partial charge in [0.15, 0.2) is 0 Å². The number of nitrogens with two attached hydrogens (primary N) is 1. The highest BCUT2D eigenvalue weighted by atomic mass is 16.5. The van der Waals surface area contributed by atoms with Gasteiger partial charge >= 0.3 is 0 Å². The summed E-state index contributed by atoms with van der Waals surface area (Å²) in [6.45, 7) is 6.35. The fourth-order valence-electron chi connectivity index (χ4n) is 1.80. The van der Waals surface area contributed by atoms with Crippen LogP contribution in [0.5, 0.6) is 0 Å². The summed E-state index contributed by atoms with van der Waals surface area (Å²) >= 11 is 0. The van der Waals surface area contributed by atoms with Crippen molar-refractivity contribution in [3.8, 4) is 0 Å². The first kappa shape index (κ1) is 12.2. The molecule has 0 aliphatic heterocycles. The van der Waals surface area contributed by atoms with Crippen LogP contribution in [-0.4, -0.2) is 13.2 Å². The van der Waals surface area contributed by atoms with Crippen molar-refractivity contribution in [1.82, 2.24) is 5.43 Å². The van der Waals surface area contributed by atoms with E-state index < -0.39 is 0 Å². The molecule has 0 radical (unpaired) electrons. The van der Waals surface area contributed by atoms with Gasteiger partial charge in [-0.3, -0.25) is 11.3 Å². The molecule has 0 saturated heterocycles. The second-order valence-electron chi connectivity index (χ2n) is 4.72. The van der Waals surface area contributed by atoms with Crippen molar-refractivity contribution >= 4 is 0 Å². The molecule has 86 valence electrons. The highest BCUT2D eigenvalue weighted by Crippen LogP contribution is 2.32. The minimum Gasteiger partial charge on any atom is -0.472 e. The zero-order valence-corrected chi connectivity index (χ0v) is 9.78. The van der Waals surface area contributed by atoms with Crippen molar-refractivity contribution in [2.24, 2.45) is 11.3 Å². The van der Waals surface area contributed by atoms with E-state index >= 15 is 0 Å². The van der Waals surface area contributed by atoms with E-state index in [9.17, 15) is 0 Å². The maximum absolute atomic E-state index is 5.57. The van der Waals surface area contributed by atoms with Crippen molar-refractivity contribution < 1.29 is 9.15 Å². The van der Waals surface area contributed by atoms with Crippen LogP contribution in [-0.2, 0) is 4.74 Å². The van der Waals surface area contributed by atoms with Gasteiger partial charge in [0.05, 0.1) is 24.7 Å². The van der Waals surface area contributed by atoms with E-state index in [1.54, 1.807) is 19.6 Å². The summed E-state index contributed by atoms with van der Waals surface area (Å²) < 4.78 is 10.6. The Hall–Kier alpha value is -0.840. The number of furan rings is 1. The molecule has 2 atom stereocenters. The molecular weight excluding hydrogens is 192 g/mol. The van der Waals surface area contributed by atoms with Gasteiger partial charge in [-0.1, -0.05) is 20.8 Å². The molecule has 4 nitrogen and oxygen atoms in total. The quantitative estimate of drug-likeness (QED) is 0.590. The lowest BCUT2D eigenvalue weighted by Crippen LogP contribution is -2.44. The highest BCUT2D eigenvalue weighted by molar-refractivity contribution is 5.14. The molecule has 0 fully saturated rings. The number of hydrogen-bond donors (Lipinski definition) is 2. The van der Waals surface area contributed by atoms with Crippen molar-refractivity contribution in [1.29, 1.82) is 0 Å². The van der Waals surface area contributed by atoms with Crippen LogP contribution in [0.2, 0.25) is 0 Å². The molecule has 0 spiro atoms. The first-order chi connectivity index (χ1) is 7.00. The fraction of sp³-hybridized carbons (Fsp3) is 0.636. The average molecular weight is 212 g/mol. The van der Waals surface area contributed by atoms with E-state index in [2.05, 4.69) is 26.2 Å². The maximum Gasteiger partial charge on any atom is 0.0951 e. The van der Waals surface area contributed by atoms with Gasteiger partial charge in [-0.05, 0) is 11.5 Å². The summed E-state index contributed by atoms with van der Waals surface area (Å²) in [6, 6.07) is 1.83. The third kappa shape index (κ3) is 2.81. The van der Waals surface area contributed by atoms with Crippen LogP contribution in [0.1, 0.15) is 32.4 Å². The maximum atomic E-state index is 5.57. The second-order valence-corrected chi connectivity index (χ2v) is 4.72. The lowest BCUT2D eigenvalue weighted by Gasteiger charge is -2.35. The molecule has 0 saturated carbocycles. The molecule has 0 aliphatic rings. The number of methoxy groups -OCH3 is 1. The number of hydrazine groups is 1. The van der Waals surface area contributed by atoms with Crippen LogP contribution in [0.4, 0.5) is 0 Å². The van der Waals surface area contributed by atoms with E-state index in [1.165, 1.54) is 0 Å². The zero-order valence-electron chi connectivity index (χ0n) is 9.78. The monoisotopic (exact) mass is 212 g/mol. The molecule has 0 aliphatic carbocycles. The molecule has 3 N–H and O–H groups in total. The summed E-state index contributed by atoms with van der Waals surface area (Å²) in [5, 5.41) is 0. The van der Waals surface area contributed by atoms with E-state index in [-0.39, 0.29) is 17.6 Å². The van der Waals surface area contributed by atoms with E-state index in [0.29, 0.717) is 0 Å². The van der Waals surface area contributed by atoms with Crippen LogP contribution in [0.3, 0.4) is 0 Å². The fourth-order valence-corrected chi connectivity index (χ4v) is 1.80. The summed E-state index contributed by atoms with van der Waals surface area (Å²) in [5.74, 6) is 5.57. The Balaban J connectivity index is 2.90. The van der Waals surface area contributed by atoms with Crippen LogP contribution < -0.4 is 11.3 Å². The minimum atomic E-state index is -0.0613. The van der Waals surface area contributed by atoms with Gasteiger partial charge in [0.25, 0.3) is 0 Å². The van der Waals surface area contributed by atoms with Crippen molar-refractivity contribution in [2.45, 2.75) is 32.9 Å². The van der Waals surface area contributed by atoms with Crippen LogP contribution >= 0.6 is 0 Å². The van der Waals surface area contributed by atoms with Crippen molar-refractivity contribution in [3.05, 3.63) is 24.2 Å². The highest BCUT2D eigenvalue weighted by Gasteiger charge is 2.33. The number of ether oxygens (including phenoxy) is 1. The Morgan fingerprint density at radius 1 is 1.47 bits per heavy atom. The Morgan fingerprint density at radius 3 is 2.47 bits per heavy atom. The van der Waals surface area contributed by atoms with E-state index in [1.807, 2.05) is 6.07 Å². The molecule has 0 aromatic carbocycles. The van der Waals surface area contributed by atoms with Gasteiger partial charge < -0.3 is 9.15 Å². The number of rotatable bonds is 4. The molecule has 1 aromatic heterocycles. The predicted octanol–water partition coefficient (Wildman–Crippen LogP) is 1.85. The smallest absolute Gasteiger partial charge is 0.0951 e. The SMILES string of the molecule is COC(C(NN)c1ccoc1)C(C)(C)C. The molecular formula is C11H20N2O2. The zero-order chi connectivity index (χ0) is 11.5. The Kier molecular flexibility index (Phi) is 3.90. The standard InChI is InChI=1S/C11H20N2O2/c1-11(2,3)10(14-4)9(13-12)8-5-6-15-7-8/h5-7,9-10,13H,12H2,1-4H3. The van der Waals surface area contributed by atoms with Crippen LogP contribution in [0.15, 0.2) is 23.0 Å². The van der Waals surface area contributed by atoms with Crippen molar-refractivity contribution in [2.75, 3.05) is 7.11 Å². The Morgan fingerprint density at radius 2 is 2.13 bits per heavy atom. The molecule has 4 heteroatoms. The lowest BCUT2D eigenvalue weighted by molar-refractivity contribution is -0.0121. The largest absolute Gasteiger partial charge is 0.472 e. The predicted molar refractivity (Wildman–Crippen MR) is 59.0 cm³/mol. The van der Waals surface area contributed by atoms with Crippen LogP contribution in [0, 0.1) is 5.41 Å². The van der Waals surface area contributed by atoms with Gasteiger partial charge in [-0.15, -0.1) is 0 Å². The Bertz CT molecular complexity index is 277. The summed E-state index contributed by atoms with van der Waals surface area (Å²) in [5.41, 5.74) is 3.78. The molecule has 0 amide bonds. The van der Waals surface area contributed by atoms with Crippen LogP contribution in [0.25, 0.3) is 0 Å². The Labute approximate surface area is 90.8 Å². The third-order valence-corrected chi connectivity index (χ3v) is 2.49. The topological polar surface area (TPSA) is 60.4 Å². The number of hydrogen-bond acceptors (Lipinski definition) is 4. The lowest BCUT2D eigenvalue weighted by atomic mass is 9.83. The van der Waals surface area contributed by atoms with Gasteiger partial charge in [0.2, 0.25) is 0 Å².